The third-order valence-electron chi connectivity index (χ3n) is 2.36. The number of hydrogen-bond acceptors (Lipinski definition) is 4. The van der Waals surface area contributed by atoms with Gasteiger partial charge in [0.25, 0.3) is 5.91 Å². The zero-order valence-electron chi connectivity index (χ0n) is 9.50. The van der Waals surface area contributed by atoms with Crippen molar-refractivity contribution in [1.29, 1.82) is 5.26 Å². The largest absolute Gasteiger partial charge is 0.488 e. The molecule has 0 unspecified atom stereocenters. The predicted molar refractivity (Wildman–Crippen MR) is 63.5 cm³/mol. The summed E-state index contributed by atoms with van der Waals surface area (Å²) in [6.45, 7) is 0.375. The van der Waals surface area contributed by atoms with Crippen molar-refractivity contribution in [2.24, 2.45) is 0 Å². The van der Waals surface area contributed by atoms with Crippen molar-refractivity contribution >= 4 is 18.5 Å². The fraction of sp³-hybridized carbons (Fsp3) is 0.273. The van der Waals surface area contributed by atoms with Crippen molar-refractivity contribution in [3.63, 3.8) is 0 Å². The summed E-state index contributed by atoms with van der Waals surface area (Å²) in [7, 11) is 0.0875. The van der Waals surface area contributed by atoms with Crippen molar-refractivity contribution in [1.82, 2.24) is 4.90 Å². The zero-order chi connectivity index (χ0) is 12.8. The minimum atomic E-state index is -1.53. The highest BCUT2D eigenvalue weighted by Gasteiger charge is 2.14. The van der Waals surface area contributed by atoms with Gasteiger partial charge in [-0.25, -0.2) is 0 Å². The summed E-state index contributed by atoms with van der Waals surface area (Å²) in [5, 5.41) is 26.2. The molecular weight excluding hydrogens is 219 g/mol. The van der Waals surface area contributed by atoms with Gasteiger partial charge in [0.1, 0.15) is 0 Å². The zero-order valence-corrected chi connectivity index (χ0v) is 9.50. The molecule has 1 amide bonds. The lowest BCUT2D eigenvalue weighted by molar-refractivity contribution is 0.0798. The summed E-state index contributed by atoms with van der Waals surface area (Å²) < 4.78 is 0. The molecule has 0 aliphatic heterocycles. The maximum atomic E-state index is 11.8. The highest BCUT2D eigenvalue weighted by atomic mass is 16.4. The first-order valence-corrected chi connectivity index (χ1v) is 5.14. The number of carbonyl (C=O) groups is 1. The van der Waals surface area contributed by atoms with E-state index >= 15 is 0 Å². The van der Waals surface area contributed by atoms with E-state index in [-0.39, 0.29) is 12.3 Å². The molecule has 0 aliphatic rings. The molecule has 1 aromatic rings. The third kappa shape index (κ3) is 3.59. The number of nitriles is 1. The van der Waals surface area contributed by atoms with Crippen LogP contribution < -0.4 is 5.46 Å². The Morgan fingerprint density at radius 2 is 2.00 bits per heavy atom. The van der Waals surface area contributed by atoms with Gasteiger partial charge in [0.2, 0.25) is 0 Å². The maximum absolute atomic E-state index is 11.8. The Bertz CT molecular complexity index is 425. The van der Waals surface area contributed by atoms with Crippen LogP contribution in [0.4, 0.5) is 0 Å². The summed E-state index contributed by atoms with van der Waals surface area (Å²) in [6, 6.07) is 7.99. The number of nitrogens with zero attached hydrogens (tertiary/aromatic N) is 2. The molecule has 0 aromatic heterocycles. The van der Waals surface area contributed by atoms with Crippen LogP contribution in [0.2, 0.25) is 0 Å². The number of rotatable bonds is 4. The normalized spacial score (nSPS) is 9.53. The summed E-state index contributed by atoms with van der Waals surface area (Å²) >= 11 is 0. The monoisotopic (exact) mass is 232 g/mol. The molecular formula is C11H13BN2O3. The van der Waals surface area contributed by atoms with Crippen LogP contribution in [-0.2, 0) is 0 Å². The predicted octanol–water partition coefficient (Wildman–Crippen LogP) is -0.648. The van der Waals surface area contributed by atoms with Crippen LogP contribution in [0.1, 0.15) is 16.8 Å². The summed E-state index contributed by atoms with van der Waals surface area (Å²) in [5.41, 5.74) is 0.788. The van der Waals surface area contributed by atoms with Crippen LogP contribution in [0.5, 0.6) is 0 Å². The lowest BCUT2D eigenvalue weighted by atomic mass is 9.80. The van der Waals surface area contributed by atoms with E-state index < -0.39 is 7.12 Å². The molecule has 0 atom stereocenters. The van der Waals surface area contributed by atoms with Gasteiger partial charge in [-0.05, 0) is 17.6 Å². The van der Waals surface area contributed by atoms with Crippen LogP contribution in [0.15, 0.2) is 24.3 Å². The molecule has 1 rings (SSSR count). The van der Waals surface area contributed by atoms with Gasteiger partial charge >= 0.3 is 7.12 Å². The summed E-state index contributed by atoms with van der Waals surface area (Å²) in [6.07, 6.45) is 0.287. The molecule has 1 aromatic carbocycles. The average Bonchev–Trinajstić information content (AvgIpc) is 2.35. The maximum Gasteiger partial charge on any atom is 0.488 e. The second kappa shape index (κ2) is 6.04. The molecule has 0 saturated carbocycles. The molecule has 0 bridgehead atoms. The first-order valence-electron chi connectivity index (χ1n) is 5.14. The number of carbonyl (C=O) groups excluding carboxylic acids is 1. The molecule has 6 heteroatoms. The van der Waals surface area contributed by atoms with Gasteiger partial charge in [0, 0.05) is 19.2 Å². The topological polar surface area (TPSA) is 84.6 Å². The van der Waals surface area contributed by atoms with Crippen molar-refractivity contribution in [2.45, 2.75) is 6.42 Å². The Morgan fingerprint density at radius 3 is 2.47 bits per heavy atom. The molecule has 0 saturated heterocycles. The van der Waals surface area contributed by atoms with E-state index in [0.29, 0.717) is 17.6 Å². The summed E-state index contributed by atoms with van der Waals surface area (Å²) in [4.78, 5) is 13.3. The Balaban J connectivity index is 2.73. The van der Waals surface area contributed by atoms with Crippen LogP contribution >= 0.6 is 0 Å². The van der Waals surface area contributed by atoms with Crippen LogP contribution in [0.3, 0.4) is 0 Å². The molecule has 88 valence electrons. The van der Waals surface area contributed by atoms with Gasteiger partial charge in [-0.15, -0.1) is 0 Å². The number of benzene rings is 1. The fourth-order valence-corrected chi connectivity index (χ4v) is 1.34. The molecule has 2 N–H and O–H groups in total. The highest BCUT2D eigenvalue weighted by Crippen LogP contribution is 2.02. The minimum absolute atomic E-state index is 0.195. The Hall–Kier alpha value is -1.84. The van der Waals surface area contributed by atoms with Gasteiger partial charge in [-0.3, -0.25) is 4.79 Å². The molecule has 0 aliphatic carbocycles. The average molecular weight is 232 g/mol. The van der Waals surface area contributed by atoms with Crippen molar-refractivity contribution in [3.8, 4) is 6.07 Å². The van der Waals surface area contributed by atoms with Crippen LogP contribution in [-0.4, -0.2) is 41.6 Å². The van der Waals surface area contributed by atoms with Crippen molar-refractivity contribution < 1.29 is 14.8 Å². The van der Waals surface area contributed by atoms with Crippen LogP contribution in [0.25, 0.3) is 0 Å². The third-order valence-corrected chi connectivity index (χ3v) is 2.36. The second-order valence-corrected chi connectivity index (χ2v) is 3.63. The van der Waals surface area contributed by atoms with E-state index in [1.807, 2.05) is 6.07 Å². The van der Waals surface area contributed by atoms with E-state index in [2.05, 4.69) is 0 Å². The van der Waals surface area contributed by atoms with Gasteiger partial charge < -0.3 is 14.9 Å². The first kappa shape index (κ1) is 13.2. The van der Waals surface area contributed by atoms with Gasteiger partial charge in [-0.2, -0.15) is 5.26 Å². The van der Waals surface area contributed by atoms with Gasteiger partial charge in [0.15, 0.2) is 0 Å². The second-order valence-electron chi connectivity index (χ2n) is 3.63. The Morgan fingerprint density at radius 1 is 1.41 bits per heavy atom. The lowest BCUT2D eigenvalue weighted by Gasteiger charge is -2.15. The molecule has 0 spiro atoms. The van der Waals surface area contributed by atoms with E-state index in [9.17, 15) is 4.79 Å². The Labute approximate surface area is 100 Å². The Kier molecular flexibility index (Phi) is 4.70. The van der Waals surface area contributed by atoms with Crippen LogP contribution in [0, 0.1) is 11.3 Å². The minimum Gasteiger partial charge on any atom is -0.423 e. The fourth-order valence-electron chi connectivity index (χ4n) is 1.34. The quantitative estimate of drug-likeness (QED) is 0.675. The summed E-state index contributed by atoms with van der Waals surface area (Å²) in [5.74, 6) is -0.195. The molecule has 0 fully saturated rings. The van der Waals surface area contributed by atoms with Crippen molar-refractivity contribution in [3.05, 3.63) is 29.8 Å². The molecule has 0 radical (unpaired) electrons. The highest BCUT2D eigenvalue weighted by molar-refractivity contribution is 6.58. The smallest absolute Gasteiger partial charge is 0.423 e. The molecule has 17 heavy (non-hydrogen) atoms. The molecule has 5 nitrogen and oxygen atoms in total. The first-order chi connectivity index (χ1) is 8.06. The van der Waals surface area contributed by atoms with Gasteiger partial charge in [0.05, 0.1) is 12.5 Å². The lowest BCUT2D eigenvalue weighted by Crippen LogP contribution is -2.31. The van der Waals surface area contributed by atoms with E-state index in [4.69, 9.17) is 15.3 Å². The standard InChI is InChI=1S/C11H13BN2O3/c1-14(8-2-7-13)11(15)9-3-5-10(6-4-9)12(16)17/h3-6,16-17H,2,8H2,1H3. The van der Waals surface area contributed by atoms with Gasteiger partial charge in [-0.1, -0.05) is 12.1 Å². The number of amides is 1. The van der Waals surface area contributed by atoms with Crippen molar-refractivity contribution in [2.75, 3.05) is 13.6 Å². The van der Waals surface area contributed by atoms with E-state index in [0.717, 1.165) is 0 Å². The van der Waals surface area contributed by atoms with E-state index in [1.54, 1.807) is 7.05 Å². The SMILES string of the molecule is CN(CCC#N)C(=O)c1ccc(B(O)O)cc1. The van der Waals surface area contributed by atoms with E-state index in [1.165, 1.54) is 29.2 Å². The molecule has 0 heterocycles. The number of hydrogen-bond donors (Lipinski definition) is 2.